The van der Waals surface area contributed by atoms with Crippen molar-refractivity contribution in [2.24, 2.45) is 0 Å². The number of ether oxygens (including phenoxy) is 1. The maximum Gasteiger partial charge on any atom is 0.243 e. The number of aryl methyl sites for hydroxylation is 1. The van der Waals surface area contributed by atoms with Crippen LogP contribution in [0.5, 0.6) is 0 Å². The van der Waals surface area contributed by atoms with E-state index >= 15 is 0 Å². The quantitative estimate of drug-likeness (QED) is 0.549. The number of carbonyl (C=O) groups is 1. The Bertz CT molecular complexity index is 1020. The van der Waals surface area contributed by atoms with Crippen LogP contribution in [0, 0.1) is 6.92 Å². The number of carbonyl (C=O) groups excluding carboxylic acids is 1. The van der Waals surface area contributed by atoms with Crippen molar-refractivity contribution in [1.82, 2.24) is 14.5 Å². The van der Waals surface area contributed by atoms with Crippen molar-refractivity contribution in [3.63, 3.8) is 0 Å². The molecule has 0 bridgehead atoms. The van der Waals surface area contributed by atoms with Crippen molar-refractivity contribution < 1.29 is 17.9 Å². The van der Waals surface area contributed by atoms with Gasteiger partial charge in [0.05, 0.1) is 23.4 Å². The molecule has 0 radical (unpaired) electrons. The van der Waals surface area contributed by atoms with Crippen LogP contribution in [0.25, 0.3) is 0 Å². The summed E-state index contributed by atoms with van der Waals surface area (Å²) in [5.41, 5.74) is 1.07. The fourth-order valence-corrected chi connectivity index (χ4v) is 6.59. The van der Waals surface area contributed by atoms with E-state index in [-0.39, 0.29) is 16.8 Å². The molecule has 0 aliphatic carbocycles. The van der Waals surface area contributed by atoms with E-state index in [2.05, 4.69) is 20.8 Å². The van der Waals surface area contributed by atoms with Gasteiger partial charge in [-0.25, -0.2) is 8.42 Å². The molecule has 1 aromatic carbocycles. The van der Waals surface area contributed by atoms with Crippen LogP contribution in [0.15, 0.2) is 27.4 Å². The molecular formula is C19H27N5O4S3. The second-order valence-electron chi connectivity index (χ2n) is 7.42. The molecule has 2 heterocycles. The summed E-state index contributed by atoms with van der Waals surface area (Å²) in [6.45, 7) is 8.95. The van der Waals surface area contributed by atoms with Crippen molar-refractivity contribution in [3.8, 4) is 0 Å². The number of hydrogen-bond acceptors (Lipinski definition) is 9. The lowest BCUT2D eigenvalue weighted by molar-refractivity contribution is -0.115. The highest BCUT2D eigenvalue weighted by atomic mass is 32.2. The second kappa shape index (κ2) is 10.3. The lowest BCUT2D eigenvalue weighted by atomic mass is 10.2. The lowest BCUT2D eigenvalue weighted by Crippen LogP contribution is -2.40. The molecule has 1 aliphatic heterocycles. The zero-order chi connectivity index (χ0) is 22.6. The largest absolute Gasteiger partial charge is 0.379 e. The molecule has 1 atom stereocenters. The molecule has 0 saturated carbocycles. The molecule has 2 aromatic rings. The van der Waals surface area contributed by atoms with E-state index in [9.17, 15) is 13.2 Å². The van der Waals surface area contributed by atoms with E-state index in [0.717, 1.165) is 0 Å². The summed E-state index contributed by atoms with van der Waals surface area (Å²) in [6.07, 6.45) is 0. The van der Waals surface area contributed by atoms with Crippen LogP contribution in [0.3, 0.4) is 0 Å². The fraction of sp³-hybridized carbons (Fsp3) is 0.526. The molecule has 1 aromatic heterocycles. The summed E-state index contributed by atoms with van der Waals surface area (Å²) in [7, 11) is -3.65. The minimum atomic E-state index is -3.65. The van der Waals surface area contributed by atoms with Gasteiger partial charge in [0.2, 0.25) is 21.1 Å². The van der Waals surface area contributed by atoms with Crippen LogP contribution in [-0.2, 0) is 19.6 Å². The average Bonchev–Trinajstić information content (AvgIpc) is 3.15. The smallest absolute Gasteiger partial charge is 0.243 e. The Labute approximate surface area is 191 Å². The van der Waals surface area contributed by atoms with E-state index in [1.54, 1.807) is 26.0 Å². The highest BCUT2D eigenvalue weighted by Gasteiger charge is 2.28. The number of aromatic nitrogens is 2. The van der Waals surface area contributed by atoms with E-state index in [1.165, 1.54) is 33.5 Å². The third-order valence-electron chi connectivity index (χ3n) is 4.51. The van der Waals surface area contributed by atoms with Crippen molar-refractivity contribution in [2.45, 2.75) is 48.2 Å². The predicted octanol–water partition coefficient (Wildman–Crippen LogP) is 2.81. The topological polar surface area (TPSA) is 114 Å². The van der Waals surface area contributed by atoms with Crippen LogP contribution >= 0.6 is 23.1 Å². The van der Waals surface area contributed by atoms with Gasteiger partial charge in [-0.15, -0.1) is 10.2 Å². The Balaban J connectivity index is 1.68. The fourth-order valence-electron chi connectivity index (χ4n) is 2.89. The van der Waals surface area contributed by atoms with E-state index in [4.69, 9.17) is 4.74 Å². The summed E-state index contributed by atoms with van der Waals surface area (Å²) in [5, 5.41) is 14.5. The molecule has 1 saturated heterocycles. The minimum absolute atomic E-state index is 0.195. The Morgan fingerprint density at radius 2 is 1.94 bits per heavy atom. The predicted molar refractivity (Wildman–Crippen MR) is 123 cm³/mol. The zero-order valence-electron chi connectivity index (χ0n) is 17.9. The highest BCUT2D eigenvalue weighted by Crippen LogP contribution is 2.30. The Kier molecular flexibility index (Phi) is 7.92. The van der Waals surface area contributed by atoms with Crippen LogP contribution in [0.2, 0.25) is 0 Å². The first-order valence-corrected chi connectivity index (χ1v) is 13.1. The monoisotopic (exact) mass is 485 g/mol. The van der Waals surface area contributed by atoms with Crippen LogP contribution in [0.1, 0.15) is 26.3 Å². The van der Waals surface area contributed by atoms with Crippen LogP contribution in [0.4, 0.5) is 10.8 Å². The van der Waals surface area contributed by atoms with Crippen molar-refractivity contribution in [1.29, 1.82) is 0 Å². The third kappa shape index (κ3) is 6.16. The molecule has 1 unspecified atom stereocenters. The first kappa shape index (κ1) is 23.9. The molecule has 12 heteroatoms. The van der Waals surface area contributed by atoms with Gasteiger partial charge in [-0.2, -0.15) is 4.31 Å². The zero-order valence-corrected chi connectivity index (χ0v) is 20.4. The minimum Gasteiger partial charge on any atom is -0.379 e. The SMILES string of the molecule is Cc1ccc(NC(=O)C(C)Sc2nnc(NC(C)C)s2)cc1S(=O)(=O)N1CCOCC1. The number of morpholine rings is 1. The van der Waals surface area contributed by atoms with Crippen molar-refractivity contribution >= 4 is 49.8 Å². The number of anilines is 2. The summed E-state index contributed by atoms with van der Waals surface area (Å²) in [4.78, 5) is 12.9. The summed E-state index contributed by atoms with van der Waals surface area (Å²) >= 11 is 2.70. The molecule has 1 amide bonds. The number of benzene rings is 1. The molecular weight excluding hydrogens is 458 g/mol. The number of amides is 1. The first-order chi connectivity index (χ1) is 14.7. The molecule has 2 N–H and O–H groups in total. The average molecular weight is 486 g/mol. The van der Waals surface area contributed by atoms with Crippen molar-refractivity contribution in [2.75, 3.05) is 36.9 Å². The third-order valence-corrected chi connectivity index (χ3v) is 8.59. The maximum absolute atomic E-state index is 13.0. The molecule has 31 heavy (non-hydrogen) atoms. The van der Waals surface area contributed by atoms with Gasteiger partial charge in [0.15, 0.2) is 4.34 Å². The van der Waals surface area contributed by atoms with Crippen LogP contribution in [-0.4, -0.2) is 66.4 Å². The Morgan fingerprint density at radius 3 is 2.61 bits per heavy atom. The van der Waals surface area contributed by atoms with Gasteiger partial charge < -0.3 is 15.4 Å². The first-order valence-electron chi connectivity index (χ1n) is 9.93. The van der Waals surface area contributed by atoms with E-state index in [0.29, 0.717) is 47.0 Å². The van der Waals surface area contributed by atoms with Gasteiger partial charge in [-0.1, -0.05) is 29.2 Å². The molecule has 9 nitrogen and oxygen atoms in total. The summed E-state index contributed by atoms with van der Waals surface area (Å²) in [6, 6.07) is 5.18. The molecule has 0 spiro atoms. The number of nitrogens with zero attached hydrogens (tertiary/aromatic N) is 3. The van der Waals surface area contributed by atoms with Gasteiger partial charge >= 0.3 is 0 Å². The molecule has 3 rings (SSSR count). The van der Waals surface area contributed by atoms with Gasteiger partial charge in [0.25, 0.3) is 0 Å². The molecule has 1 aliphatic rings. The highest BCUT2D eigenvalue weighted by molar-refractivity contribution is 8.02. The number of sulfonamides is 1. The van der Waals surface area contributed by atoms with E-state index < -0.39 is 15.3 Å². The Morgan fingerprint density at radius 1 is 1.23 bits per heavy atom. The van der Waals surface area contributed by atoms with Gasteiger partial charge in [0, 0.05) is 24.8 Å². The number of rotatable bonds is 8. The van der Waals surface area contributed by atoms with E-state index in [1.807, 2.05) is 13.8 Å². The number of nitrogens with one attached hydrogen (secondary N) is 2. The molecule has 1 fully saturated rings. The maximum atomic E-state index is 13.0. The van der Waals surface area contributed by atoms with Gasteiger partial charge in [-0.05, 0) is 45.4 Å². The summed E-state index contributed by atoms with van der Waals surface area (Å²) in [5.74, 6) is -0.239. The standard InChI is InChI=1S/C19H27N5O4S3/c1-12(2)20-18-22-23-19(30-18)29-14(4)17(25)21-15-6-5-13(3)16(11-15)31(26,27)24-7-9-28-10-8-24/h5-6,11-12,14H,7-10H2,1-4H3,(H,20,22)(H,21,25). The van der Waals surface area contributed by atoms with Gasteiger partial charge in [-0.3, -0.25) is 4.79 Å². The second-order valence-corrected chi connectivity index (χ2v) is 11.9. The van der Waals surface area contributed by atoms with Crippen LogP contribution < -0.4 is 10.6 Å². The lowest BCUT2D eigenvalue weighted by Gasteiger charge is -2.27. The normalized spacial score (nSPS) is 16.3. The van der Waals surface area contributed by atoms with Crippen molar-refractivity contribution in [3.05, 3.63) is 23.8 Å². The number of thioether (sulfide) groups is 1. The van der Waals surface area contributed by atoms with Gasteiger partial charge in [0.1, 0.15) is 0 Å². The molecule has 170 valence electrons. The number of hydrogen-bond donors (Lipinski definition) is 2. The summed E-state index contributed by atoms with van der Waals surface area (Å²) < 4.78 is 33.4. The Hall–Kier alpha value is -1.73.